The van der Waals surface area contributed by atoms with Crippen LogP contribution in [0.3, 0.4) is 0 Å². The van der Waals surface area contributed by atoms with Crippen LogP contribution >= 0.6 is 11.6 Å². The van der Waals surface area contributed by atoms with Crippen LogP contribution in [0, 0.1) is 13.8 Å². The van der Waals surface area contributed by atoms with E-state index in [1.165, 1.54) is 0 Å². The van der Waals surface area contributed by atoms with Crippen molar-refractivity contribution >= 4 is 17.3 Å². The van der Waals surface area contributed by atoms with Crippen LogP contribution in [-0.2, 0) is 0 Å². The van der Waals surface area contributed by atoms with E-state index in [2.05, 4.69) is 5.32 Å². The Morgan fingerprint density at radius 1 is 1.27 bits per heavy atom. The minimum atomic E-state index is -2.86. The first-order valence-electron chi connectivity index (χ1n) is 4.69. The van der Waals surface area contributed by atoms with Crippen molar-refractivity contribution in [2.75, 3.05) is 17.7 Å². The number of nitrogens with one attached hydrogen (secondary N) is 1. The van der Waals surface area contributed by atoms with E-state index in [0.717, 1.165) is 11.1 Å². The summed E-state index contributed by atoms with van der Waals surface area (Å²) in [6.07, 6.45) is 0. The van der Waals surface area contributed by atoms with Gasteiger partial charge in [0.25, 0.3) is 5.92 Å². The van der Waals surface area contributed by atoms with Gasteiger partial charge in [-0.25, -0.2) is 8.78 Å². The molecule has 4 heteroatoms. The molecule has 0 spiro atoms. The smallest absolute Gasteiger partial charge is 0.278 e. The standard InChI is InChI=1S/C11H14ClF2N/c1-8-3-4-10(5-9(8)2)15-7-11(13,14)6-12/h3-5,15H,6-7H2,1-2H3. The van der Waals surface area contributed by atoms with Gasteiger partial charge in [0.1, 0.15) is 0 Å². The Morgan fingerprint density at radius 2 is 1.93 bits per heavy atom. The Balaban J connectivity index is 2.62. The highest BCUT2D eigenvalue weighted by Crippen LogP contribution is 2.18. The molecule has 0 aliphatic heterocycles. The Hall–Kier alpha value is -0.830. The van der Waals surface area contributed by atoms with Gasteiger partial charge in [-0.2, -0.15) is 0 Å². The normalized spacial score (nSPS) is 11.5. The predicted molar refractivity (Wildman–Crippen MR) is 60.1 cm³/mol. The van der Waals surface area contributed by atoms with Gasteiger partial charge in [0.2, 0.25) is 0 Å². The molecule has 0 amide bonds. The molecule has 0 heterocycles. The van der Waals surface area contributed by atoms with Crippen LogP contribution in [-0.4, -0.2) is 18.3 Å². The highest BCUT2D eigenvalue weighted by atomic mass is 35.5. The summed E-state index contributed by atoms with van der Waals surface area (Å²) in [6.45, 7) is 3.49. The molecule has 0 atom stereocenters. The SMILES string of the molecule is Cc1ccc(NCC(F)(F)CCl)cc1C. The lowest BCUT2D eigenvalue weighted by Gasteiger charge is -2.15. The lowest BCUT2D eigenvalue weighted by Crippen LogP contribution is -2.28. The van der Waals surface area contributed by atoms with E-state index in [4.69, 9.17) is 11.6 Å². The second-order valence-electron chi connectivity index (χ2n) is 3.64. The van der Waals surface area contributed by atoms with Crippen molar-refractivity contribution in [2.45, 2.75) is 19.8 Å². The molecule has 0 aliphatic carbocycles. The molecule has 0 saturated carbocycles. The molecule has 1 rings (SSSR count). The highest BCUT2D eigenvalue weighted by molar-refractivity contribution is 6.18. The van der Waals surface area contributed by atoms with Gasteiger partial charge < -0.3 is 5.32 Å². The molecular weight excluding hydrogens is 220 g/mol. The molecule has 0 radical (unpaired) electrons. The lowest BCUT2D eigenvalue weighted by atomic mass is 10.1. The highest BCUT2D eigenvalue weighted by Gasteiger charge is 2.26. The van der Waals surface area contributed by atoms with Gasteiger partial charge >= 0.3 is 0 Å². The first-order valence-corrected chi connectivity index (χ1v) is 5.23. The van der Waals surface area contributed by atoms with E-state index in [1.807, 2.05) is 26.0 Å². The number of alkyl halides is 3. The van der Waals surface area contributed by atoms with E-state index in [0.29, 0.717) is 5.69 Å². The second-order valence-corrected chi connectivity index (χ2v) is 3.91. The van der Waals surface area contributed by atoms with Crippen molar-refractivity contribution in [3.63, 3.8) is 0 Å². The summed E-state index contributed by atoms with van der Waals surface area (Å²) in [6, 6.07) is 5.53. The van der Waals surface area contributed by atoms with Crippen LogP contribution in [0.25, 0.3) is 0 Å². The molecule has 1 aromatic rings. The number of halogens is 3. The van der Waals surface area contributed by atoms with Crippen LogP contribution in [0.4, 0.5) is 14.5 Å². The summed E-state index contributed by atoms with van der Waals surface area (Å²) in [5, 5.41) is 2.67. The molecule has 0 aromatic heterocycles. The maximum absolute atomic E-state index is 12.8. The molecular formula is C11H14ClF2N. The Kier molecular flexibility index (Phi) is 3.91. The van der Waals surface area contributed by atoms with Crippen molar-refractivity contribution in [1.29, 1.82) is 0 Å². The predicted octanol–water partition coefficient (Wildman–Crippen LogP) is 3.59. The van der Waals surface area contributed by atoms with Crippen LogP contribution in [0.2, 0.25) is 0 Å². The quantitative estimate of drug-likeness (QED) is 0.784. The number of aryl methyl sites for hydroxylation is 2. The zero-order valence-corrected chi connectivity index (χ0v) is 9.54. The van der Waals surface area contributed by atoms with Gasteiger partial charge in [-0.3, -0.25) is 0 Å². The molecule has 1 nitrogen and oxygen atoms in total. The van der Waals surface area contributed by atoms with Gasteiger partial charge in [0.05, 0.1) is 12.4 Å². The van der Waals surface area contributed by atoms with Crippen LogP contribution < -0.4 is 5.32 Å². The third-order valence-corrected chi connectivity index (χ3v) is 2.64. The first kappa shape index (κ1) is 12.2. The summed E-state index contributed by atoms with van der Waals surface area (Å²) >= 11 is 5.13. The zero-order valence-electron chi connectivity index (χ0n) is 8.78. The minimum absolute atomic E-state index is 0.432. The van der Waals surface area contributed by atoms with Crippen molar-refractivity contribution in [3.05, 3.63) is 29.3 Å². The molecule has 1 N–H and O–H groups in total. The first-order chi connectivity index (χ1) is 6.94. The summed E-state index contributed by atoms with van der Waals surface area (Å²) in [7, 11) is 0. The van der Waals surface area contributed by atoms with Crippen LogP contribution in [0.5, 0.6) is 0 Å². The van der Waals surface area contributed by atoms with E-state index < -0.39 is 18.3 Å². The summed E-state index contributed by atoms with van der Waals surface area (Å²) < 4.78 is 25.6. The number of benzene rings is 1. The monoisotopic (exact) mass is 233 g/mol. The Morgan fingerprint density at radius 3 is 2.47 bits per heavy atom. The molecule has 0 saturated heterocycles. The fourth-order valence-electron chi connectivity index (χ4n) is 1.13. The van der Waals surface area contributed by atoms with Gasteiger partial charge in [0.15, 0.2) is 0 Å². The third-order valence-electron chi connectivity index (χ3n) is 2.25. The fourth-order valence-corrected chi connectivity index (χ4v) is 1.22. The zero-order chi connectivity index (χ0) is 11.5. The lowest BCUT2D eigenvalue weighted by molar-refractivity contribution is 0.0407. The van der Waals surface area contributed by atoms with Gasteiger partial charge in [0, 0.05) is 5.69 Å². The molecule has 1 aromatic carbocycles. The molecule has 84 valence electrons. The number of hydrogen-bond acceptors (Lipinski definition) is 1. The van der Waals surface area contributed by atoms with E-state index in [9.17, 15) is 8.78 Å². The molecule has 0 bridgehead atoms. The van der Waals surface area contributed by atoms with Gasteiger partial charge in [-0.1, -0.05) is 6.07 Å². The molecule has 0 aliphatic rings. The number of rotatable bonds is 4. The van der Waals surface area contributed by atoms with E-state index in [-0.39, 0.29) is 0 Å². The van der Waals surface area contributed by atoms with Gasteiger partial charge in [-0.05, 0) is 37.1 Å². The maximum Gasteiger partial charge on any atom is 0.278 e. The second kappa shape index (κ2) is 4.79. The third kappa shape index (κ3) is 3.67. The number of anilines is 1. The molecule has 0 unspecified atom stereocenters. The average Bonchev–Trinajstić information content (AvgIpc) is 2.20. The molecule has 15 heavy (non-hydrogen) atoms. The molecule has 0 fully saturated rings. The number of hydrogen-bond donors (Lipinski definition) is 1. The summed E-state index contributed by atoms with van der Waals surface area (Å²) in [5.74, 6) is -3.52. The van der Waals surface area contributed by atoms with Crippen LogP contribution in [0.15, 0.2) is 18.2 Å². The largest absolute Gasteiger partial charge is 0.379 e. The topological polar surface area (TPSA) is 12.0 Å². The van der Waals surface area contributed by atoms with Crippen molar-refractivity contribution < 1.29 is 8.78 Å². The average molecular weight is 234 g/mol. The fraction of sp³-hybridized carbons (Fsp3) is 0.455. The summed E-state index contributed by atoms with van der Waals surface area (Å²) in [5.41, 5.74) is 2.92. The Bertz CT molecular complexity index is 339. The minimum Gasteiger partial charge on any atom is -0.379 e. The Labute approximate surface area is 93.4 Å². The van der Waals surface area contributed by atoms with Crippen molar-refractivity contribution in [1.82, 2.24) is 0 Å². The van der Waals surface area contributed by atoms with Gasteiger partial charge in [-0.15, -0.1) is 11.6 Å². The van der Waals surface area contributed by atoms with Crippen molar-refractivity contribution in [2.24, 2.45) is 0 Å². The summed E-state index contributed by atoms with van der Waals surface area (Å²) in [4.78, 5) is 0. The maximum atomic E-state index is 12.8. The van der Waals surface area contributed by atoms with E-state index >= 15 is 0 Å². The van der Waals surface area contributed by atoms with Crippen LogP contribution in [0.1, 0.15) is 11.1 Å². The van der Waals surface area contributed by atoms with E-state index in [1.54, 1.807) is 6.07 Å². The van der Waals surface area contributed by atoms with Crippen molar-refractivity contribution in [3.8, 4) is 0 Å².